The molecular weight excluding hydrogens is 975 g/mol. The molecular formula is C57H56BBrN12O2. The number of nitrogens with zero attached hydrogens (tertiary/aromatic N) is 8. The maximum Gasteiger partial charge on any atom is 0.494 e. The maximum absolute atomic E-state index is 9.72. The van der Waals surface area contributed by atoms with Crippen molar-refractivity contribution >= 4 is 84.0 Å². The van der Waals surface area contributed by atoms with Crippen LogP contribution in [0.5, 0.6) is 0 Å². The SMILES string of the molecule is C.CC(Nc1c(C#N)cnc2ccc(B3OC(C)(C)C(C)(C)O3)cc12)c1ccccc1.Cc1nc2ncc(-c3ccc4ncc(C#N)c(NC(C)c5ccccc5)c4c3)cc2[nH]1.Cc1nc2ncc(Br)cc2[nH]1. The largest absolute Gasteiger partial charge is 0.494 e. The number of H-pyrrole nitrogens is 2. The predicted molar refractivity (Wildman–Crippen MR) is 296 cm³/mol. The van der Waals surface area contributed by atoms with Gasteiger partial charge in [-0.15, -0.1) is 0 Å². The van der Waals surface area contributed by atoms with Crippen LogP contribution in [0, 0.1) is 36.5 Å². The number of hydrogen-bond acceptors (Lipinski definition) is 12. The van der Waals surface area contributed by atoms with E-state index in [0.29, 0.717) is 16.8 Å². The first-order valence-electron chi connectivity index (χ1n) is 23.5. The molecule has 6 aromatic heterocycles. The zero-order chi connectivity index (χ0) is 50.7. The Morgan fingerprint density at radius 3 is 1.59 bits per heavy atom. The number of pyridine rings is 4. The van der Waals surface area contributed by atoms with Crippen molar-refractivity contribution in [1.29, 1.82) is 10.5 Å². The molecule has 10 aromatic rings. The van der Waals surface area contributed by atoms with Crippen LogP contribution in [0.15, 0.2) is 138 Å². The first-order chi connectivity index (χ1) is 34.6. The van der Waals surface area contributed by atoms with Crippen molar-refractivity contribution in [3.8, 4) is 23.3 Å². The third kappa shape index (κ3) is 11.1. The molecule has 0 bridgehead atoms. The van der Waals surface area contributed by atoms with Crippen molar-refractivity contribution < 1.29 is 9.31 Å². The fraction of sp³-hybridized carbons (Fsp3) is 0.228. The Kier molecular flexibility index (Phi) is 15.0. The van der Waals surface area contributed by atoms with Gasteiger partial charge >= 0.3 is 7.12 Å². The van der Waals surface area contributed by atoms with Gasteiger partial charge in [-0.05, 0) is 124 Å². The standard InChI is InChI=1S/C25H20N6.C24H26BN3O2.C7H6BrN3.CH4/c1-15(17-6-4-3-5-7-17)29-24-20(12-26)14-27-22-9-8-18(10-21(22)24)19-11-23-25(28-13-19)31-16(2)30-23;1-16(17-9-7-6-8-10-17)28-22-18(14-26)15-27-21-12-11-19(13-20(21)22)25-29-23(2,3)24(4,5)30-25;1-4-10-6-2-5(8)3-9-7(6)11-4;/h3-11,13-15H,1-2H3,(H,27,29)(H,28,30,31);6-13,15-16H,1-5H3,(H,27,28);2-3H,1H3,(H,9,10,11);1H4. The zero-order valence-corrected chi connectivity index (χ0v) is 42.8. The van der Waals surface area contributed by atoms with Crippen LogP contribution in [0.4, 0.5) is 11.4 Å². The van der Waals surface area contributed by atoms with E-state index in [1.807, 2.05) is 127 Å². The Morgan fingerprint density at radius 2 is 1.07 bits per heavy atom. The molecule has 0 amide bonds. The number of halogens is 1. The molecule has 14 nitrogen and oxygen atoms in total. The van der Waals surface area contributed by atoms with Gasteiger partial charge in [0, 0.05) is 57.7 Å². The molecule has 0 aliphatic carbocycles. The minimum atomic E-state index is -0.468. The van der Waals surface area contributed by atoms with Gasteiger partial charge in [0.05, 0.1) is 55.8 Å². The molecule has 366 valence electrons. The monoisotopic (exact) mass is 1030 g/mol. The Labute approximate surface area is 434 Å². The molecule has 0 spiro atoms. The van der Waals surface area contributed by atoms with Crippen molar-refractivity contribution in [1.82, 2.24) is 39.9 Å². The molecule has 1 aliphatic rings. The Hall–Kier alpha value is -8.02. The minimum absolute atomic E-state index is 0. The van der Waals surface area contributed by atoms with Gasteiger partial charge in [0.1, 0.15) is 23.8 Å². The second-order valence-corrected chi connectivity index (χ2v) is 19.6. The van der Waals surface area contributed by atoms with Crippen LogP contribution in [0.25, 0.3) is 55.3 Å². The number of aromatic amines is 2. The lowest BCUT2D eigenvalue weighted by Crippen LogP contribution is -2.41. The van der Waals surface area contributed by atoms with E-state index in [0.717, 1.165) is 93.7 Å². The van der Waals surface area contributed by atoms with E-state index >= 15 is 0 Å². The Morgan fingerprint density at radius 1 is 0.589 bits per heavy atom. The lowest BCUT2D eigenvalue weighted by molar-refractivity contribution is 0.00578. The normalized spacial score (nSPS) is 14.2. The van der Waals surface area contributed by atoms with Gasteiger partial charge in [-0.3, -0.25) is 9.97 Å². The average Bonchev–Trinajstić information content (AvgIpc) is 4.02. The van der Waals surface area contributed by atoms with E-state index < -0.39 is 18.3 Å². The van der Waals surface area contributed by atoms with E-state index in [-0.39, 0.29) is 19.5 Å². The number of benzene rings is 4. The van der Waals surface area contributed by atoms with Crippen LogP contribution in [0.3, 0.4) is 0 Å². The minimum Gasteiger partial charge on any atom is -0.399 e. The molecule has 73 heavy (non-hydrogen) atoms. The highest BCUT2D eigenvalue weighted by atomic mass is 79.9. The van der Waals surface area contributed by atoms with Crippen LogP contribution in [-0.4, -0.2) is 58.2 Å². The topological polar surface area (TPSA) is 199 Å². The summed E-state index contributed by atoms with van der Waals surface area (Å²) >= 11 is 3.33. The Bertz CT molecular complexity index is 3660. The molecule has 11 rings (SSSR count). The number of anilines is 2. The maximum atomic E-state index is 9.72. The number of rotatable bonds is 8. The summed E-state index contributed by atoms with van der Waals surface area (Å²) in [7, 11) is -0.468. The van der Waals surface area contributed by atoms with Crippen molar-refractivity contribution in [3.05, 3.63) is 172 Å². The van der Waals surface area contributed by atoms with Crippen molar-refractivity contribution in [2.75, 3.05) is 10.6 Å². The highest BCUT2D eigenvalue weighted by Gasteiger charge is 2.51. The van der Waals surface area contributed by atoms with E-state index in [1.165, 1.54) is 0 Å². The summed E-state index contributed by atoms with van der Waals surface area (Å²) in [5.41, 5.74) is 11.9. The fourth-order valence-electron chi connectivity index (χ4n) is 8.44. The smallest absolute Gasteiger partial charge is 0.399 e. The summed E-state index contributed by atoms with van der Waals surface area (Å²) in [5, 5.41) is 28.3. The number of nitrogens with one attached hydrogen (secondary N) is 4. The fourth-order valence-corrected chi connectivity index (χ4v) is 8.78. The molecule has 7 heterocycles. The van der Waals surface area contributed by atoms with Gasteiger partial charge < -0.3 is 29.9 Å². The molecule has 4 N–H and O–H groups in total. The number of nitriles is 2. The highest BCUT2D eigenvalue weighted by Crippen LogP contribution is 2.38. The van der Waals surface area contributed by atoms with Crippen molar-refractivity contribution in [2.45, 2.75) is 86.1 Å². The molecule has 0 saturated carbocycles. The van der Waals surface area contributed by atoms with Gasteiger partial charge in [0.25, 0.3) is 0 Å². The molecule has 1 fully saturated rings. The Balaban J connectivity index is 0.000000159. The zero-order valence-electron chi connectivity index (χ0n) is 41.2. The van der Waals surface area contributed by atoms with Gasteiger partial charge in [-0.25, -0.2) is 19.9 Å². The molecule has 2 unspecified atom stereocenters. The molecule has 0 radical (unpaired) electrons. The predicted octanol–water partition coefficient (Wildman–Crippen LogP) is 12.8. The van der Waals surface area contributed by atoms with E-state index in [2.05, 4.69) is 123 Å². The average molecular weight is 1030 g/mol. The second-order valence-electron chi connectivity index (χ2n) is 18.7. The molecule has 16 heteroatoms. The van der Waals surface area contributed by atoms with Crippen LogP contribution < -0.4 is 16.1 Å². The van der Waals surface area contributed by atoms with Crippen molar-refractivity contribution in [3.63, 3.8) is 0 Å². The van der Waals surface area contributed by atoms with Crippen LogP contribution >= 0.6 is 15.9 Å². The number of imidazole rings is 2. The quantitative estimate of drug-likeness (QED) is 0.105. The summed E-state index contributed by atoms with van der Waals surface area (Å²) in [6, 6.07) is 41.0. The van der Waals surface area contributed by atoms with E-state index in [9.17, 15) is 10.5 Å². The second kappa shape index (κ2) is 21.4. The van der Waals surface area contributed by atoms with Gasteiger partial charge in [0.15, 0.2) is 11.3 Å². The van der Waals surface area contributed by atoms with Crippen molar-refractivity contribution in [2.24, 2.45) is 0 Å². The number of fused-ring (bicyclic) bond motifs is 4. The van der Waals surface area contributed by atoms with E-state index in [1.54, 1.807) is 18.6 Å². The molecule has 1 aliphatic heterocycles. The van der Waals surface area contributed by atoms with E-state index in [4.69, 9.17) is 9.31 Å². The lowest BCUT2D eigenvalue weighted by atomic mass is 9.78. The number of aromatic nitrogens is 8. The third-order valence-electron chi connectivity index (χ3n) is 13.1. The number of hydrogen-bond donors (Lipinski definition) is 4. The highest BCUT2D eigenvalue weighted by molar-refractivity contribution is 9.10. The number of aryl methyl sites for hydroxylation is 2. The third-order valence-corrected chi connectivity index (χ3v) is 13.5. The molecule has 1 saturated heterocycles. The summed E-state index contributed by atoms with van der Waals surface area (Å²) in [4.78, 5) is 32.4. The van der Waals surface area contributed by atoms with Gasteiger partial charge in [-0.1, -0.05) is 86.3 Å². The summed E-state index contributed by atoms with van der Waals surface area (Å²) in [6.45, 7) is 16.2. The van der Waals surface area contributed by atoms with Gasteiger partial charge in [0.2, 0.25) is 0 Å². The molecule has 2 atom stereocenters. The summed E-state index contributed by atoms with van der Waals surface area (Å²) in [5.74, 6) is 1.73. The lowest BCUT2D eigenvalue weighted by Gasteiger charge is -2.32. The van der Waals surface area contributed by atoms with Crippen LogP contribution in [0.2, 0.25) is 0 Å². The van der Waals surface area contributed by atoms with Crippen LogP contribution in [-0.2, 0) is 9.31 Å². The first kappa shape index (κ1) is 51.3. The summed E-state index contributed by atoms with van der Waals surface area (Å²) in [6.07, 6.45) is 6.81. The van der Waals surface area contributed by atoms with Crippen LogP contribution in [0.1, 0.15) is 95.0 Å². The summed E-state index contributed by atoms with van der Waals surface area (Å²) < 4.78 is 13.4. The van der Waals surface area contributed by atoms with Gasteiger partial charge in [-0.2, -0.15) is 10.5 Å². The molecule has 4 aromatic carbocycles. The first-order valence-corrected chi connectivity index (χ1v) is 24.3.